The SMILES string of the molecule is Cc1ccccc1Nc1cccc(CN2CCCC[C@H](NC(=O)C(CC(C)C)C3(C(=O)O)CC=CC3)C2=O)c1. The molecule has 208 valence electrons. The molecule has 7 nitrogen and oxygen atoms in total. The van der Waals surface area contributed by atoms with Crippen LogP contribution in [0.1, 0.15) is 63.5 Å². The summed E-state index contributed by atoms with van der Waals surface area (Å²) >= 11 is 0. The zero-order valence-corrected chi connectivity index (χ0v) is 23.3. The minimum Gasteiger partial charge on any atom is -0.481 e. The number of para-hydroxylation sites is 1. The predicted octanol–water partition coefficient (Wildman–Crippen LogP) is 5.82. The Morgan fingerprint density at radius 2 is 1.82 bits per heavy atom. The Kier molecular flexibility index (Phi) is 9.10. The quantitative estimate of drug-likeness (QED) is 0.336. The van der Waals surface area contributed by atoms with Gasteiger partial charge in [-0.15, -0.1) is 0 Å². The number of carboxylic acids is 1. The molecule has 0 spiro atoms. The fourth-order valence-electron chi connectivity index (χ4n) is 5.84. The van der Waals surface area contributed by atoms with Gasteiger partial charge in [0.1, 0.15) is 6.04 Å². The van der Waals surface area contributed by atoms with Crippen molar-refractivity contribution in [2.24, 2.45) is 17.3 Å². The molecular formula is C32H41N3O4. The van der Waals surface area contributed by atoms with Gasteiger partial charge in [-0.25, -0.2) is 0 Å². The maximum atomic E-state index is 13.7. The minimum absolute atomic E-state index is 0.102. The molecule has 2 amide bonds. The molecule has 2 atom stereocenters. The molecule has 2 aliphatic rings. The second-order valence-electron chi connectivity index (χ2n) is 11.5. The largest absolute Gasteiger partial charge is 0.481 e. The van der Waals surface area contributed by atoms with Crippen LogP contribution < -0.4 is 10.6 Å². The highest BCUT2D eigenvalue weighted by molar-refractivity contribution is 5.92. The molecule has 1 fully saturated rings. The van der Waals surface area contributed by atoms with Gasteiger partial charge in [-0.05, 0) is 80.7 Å². The highest BCUT2D eigenvalue weighted by Crippen LogP contribution is 2.44. The Hall–Kier alpha value is -3.61. The van der Waals surface area contributed by atoms with E-state index >= 15 is 0 Å². The summed E-state index contributed by atoms with van der Waals surface area (Å²) in [5.41, 5.74) is 3.00. The number of hydrogen-bond acceptors (Lipinski definition) is 4. The van der Waals surface area contributed by atoms with E-state index in [1.54, 1.807) is 0 Å². The first kappa shape index (κ1) is 28.4. The topological polar surface area (TPSA) is 98.7 Å². The number of aliphatic carboxylic acids is 1. The molecule has 0 radical (unpaired) electrons. The zero-order valence-electron chi connectivity index (χ0n) is 23.3. The summed E-state index contributed by atoms with van der Waals surface area (Å²) in [6.07, 6.45) is 7.09. The van der Waals surface area contributed by atoms with Crippen molar-refractivity contribution in [1.29, 1.82) is 0 Å². The normalized spacial score (nSPS) is 19.5. The average Bonchev–Trinajstić information content (AvgIpc) is 3.34. The van der Waals surface area contributed by atoms with Gasteiger partial charge in [0.25, 0.3) is 0 Å². The monoisotopic (exact) mass is 531 g/mol. The molecule has 7 heteroatoms. The lowest BCUT2D eigenvalue weighted by Gasteiger charge is -2.35. The van der Waals surface area contributed by atoms with Gasteiger partial charge in [0.2, 0.25) is 11.8 Å². The van der Waals surface area contributed by atoms with E-state index in [1.807, 2.05) is 67.3 Å². The van der Waals surface area contributed by atoms with Crippen molar-refractivity contribution in [2.75, 3.05) is 11.9 Å². The van der Waals surface area contributed by atoms with Crippen LogP contribution in [-0.2, 0) is 20.9 Å². The van der Waals surface area contributed by atoms with Gasteiger partial charge in [-0.2, -0.15) is 0 Å². The van der Waals surface area contributed by atoms with Crippen LogP contribution in [0, 0.1) is 24.2 Å². The third-order valence-electron chi connectivity index (χ3n) is 8.07. The first-order valence-corrected chi connectivity index (χ1v) is 14.1. The van der Waals surface area contributed by atoms with E-state index in [0.29, 0.717) is 38.8 Å². The van der Waals surface area contributed by atoms with E-state index in [9.17, 15) is 19.5 Å². The Bertz CT molecular complexity index is 1210. The fourth-order valence-corrected chi connectivity index (χ4v) is 5.84. The smallest absolute Gasteiger partial charge is 0.311 e. The standard InChI is InChI=1S/C32H41N3O4/c1-22(2)19-26(32(31(38)39)16-7-8-17-32)29(36)34-28-15-6-9-18-35(30(28)37)21-24-12-10-13-25(20-24)33-27-14-5-4-11-23(27)3/h4-5,7-8,10-14,20,22,26,28,33H,6,9,15-19,21H2,1-3H3,(H,34,36)(H,38,39)/t26?,28-/m0/s1. The van der Waals surface area contributed by atoms with E-state index in [2.05, 4.69) is 29.7 Å². The Morgan fingerprint density at radius 1 is 1.08 bits per heavy atom. The first-order chi connectivity index (χ1) is 18.7. The summed E-state index contributed by atoms with van der Waals surface area (Å²) in [5, 5.41) is 16.6. The number of likely N-dealkylation sites (tertiary alicyclic amines) is 1. The highest BCUT2D eigenvalue weighted by atomic mass is 16.4. The lowest BCUT2D eigenvalue weighted by atomic mass is 9.69. The van der Waals surface area contributed by atoms with Gasteiger partial charge in [0.05, 0.1) is 11.3 Å². The van der Waals surface area contributed by atoms with E-state index in [-0.39, 0.29) is 17.7 Å². The summed E-state index contributed by atoms with van der Waals surface area (Å²) in [5.74, 6) is -1.91. The lowest BCUT2D eigenvalue weighted by molar-refractivity contribution is -0.157. The number of nitrogens with zero attached hydrogens (tertiary/aromatic N) is 1. The van der Waals surface area contributed by atoms with Crippen molar-refractivity contribution < 1.29 is 19.5 Å². The number of allylic oxidation sites excluding steroid dienone is 2. The molecular weight excluding hydrogens is 490 g/mol. The van der Waals surface area contributed by atoms with Crippen LogP contribution in [0.2, 0.25) is 0 Å². The van der Waals surface area contributed by atoms with E-state index < -0.39 is 23.3 Å². The molecule has 39 heavy (non-hydrogen) atoms. The summed E-state index contributed by atoms with van der Waals surface area (Å²) < 4.78 is 0. The number of amides is 2. The van der Waals surface area contributed by atoms with Gasteiger partial charge < -0.3 is 20.6 Å². The number of carbonyl (C=O) groups excluding carboxylic acids is 2. The van der Waals surface area contributed by atoms with Gasteiger partial charge in [-0.3, -0.25) is 14.4 Å². The van der Waals surface area contributed by atoms with E-state index in [0.717, 1.165) is 35.3 Å². The number of hydrogen-bond donors (Lipinski definition) is 3. The second-order valence-corrected chi connectivity index (χ2v) is 11.5. The Morgan fingerprint density at radius 3 is 2.51 bits per heavy atom. The molecule has 1 heterocycles. The number of rotatable bonds is 10. The number of nitrogens with one attached hydrogen (secondary N) is 2. The molecule has 0 aromatic heterocycles. The van der Waals surface area contributed by atoms with Crippen LogP contribution in [0.25, 0.3) is 0 Å². The van der Waals surface area contributed by atoms with Crippen molar-refractivity contribution in [3.63, 3.8) is 0 Å². The maximum absolute atomic E-state index is 13.7. The highest BCUT2D eigenvalue weighted by Gasteiger charge is 2.50. The zero-order chi connectivity index (χ0) is 28.0. The van der Waals surface area contributed by atoms with Gasteiger partial charge >= 0.3 is 5.97 Å². The number of carbonyl (C=O) groups is 3. The molecule has 4 rings (SSSR count). The molecule has 1 saturated heterocycles. The van der Waals surface area contributed by atoms with Crippen molar-refractivity contribution in [3.05, 3.63) is 71.8 Å². The van der Waals surface area contributed by atoms with E-state index in [4.69, 9.17) is 0 Å². The molecule has 2 aromatic carbocycles. The Labute approximate surface area is 231 Å². The Balaban J connectivity index is 1.47. The van der Waals surface area contributed by atoms with Crippen molar-refractivity contribution >= 4 is 29.2 Å². The summed E-state index contributed by atoms with van der Waals surface area (Å²) in [6.45, 7) is 7.13. The van der Waals surface area contributed by atoms with Crippen LogP contribution in [0.5, 0.6) is 0 Å². The van der Waals surface area contributed by atoms with Crippen LogP contribution in [-0.4, -0.2) is 40.4 Å². The average molecular weight is 532 g/mol. The third-order valence-corrected chi connectivity index (χ3v) is 8.07. The van der Waals surface area contributed by atoms with E-state index in [1.165, 1.54) is 0 Å². The number of aryl methyl sites for hydroxylation is 1. The van der Waals surface area contributed by atoms with Crippen LogP contribution in [0.15, 0.2) is 60.7 Å². The van der Waals surface area contributed by atoms with Crippen LogP contribution in [0.4, 0.5) is 11.4 Å². The molecule has 1 unspecified atom stereocenters. The van der Waals surface area contributed by atoms with Gasteiger partial charge in [-0.1, -0.05) is 56.3 Å². The molecule has 1 aliphatic carbocycles. The molecule has 2 aromatic rings. The predicted molar refractivity (Wildman–Crippen MR) is 153 cm³/mol. The number of carboxylic acid groups (broad SMARTS) is 1. The molecule has 3 N–H and O–H groups in total. The van der Waals surface area contributed by atoms with Crippen LogP contribution in [0.3, 0.4) is 0 Å². The minimum atomic E-state index is -1.15. The van der Waals surface area contributed by atoms with Crippen LogP contribution >= 0.6 is 0 Å². The summed E-state index contributed by atoms with van der Waals surface area (Å²) in [7, 11) is 0. The van der Waals surface area contributed by atoms with Crippen molar-refractivity contribution in [2.45, 2.75) is 71.9 Å². The van der Waals surface area contributed by atoms with Crippen molar-refractivity contribution in [3.8, 4) is 0 Å². The molecule has 0 bridgehead atoms. The number of benzene rings is 2. The summed E-state index contributed by atoms with van der Waals surface area (Å²) in [6, 6.07) is 15.5. The maximum Gasteiger partial charge on any atom is 0.311 e. The van der Waals surface area contributed by atoms with Crippen molar-refractivity contribution in [1.82, 2.24) is 10.2 Å². The van der Waals surface area contributed by atoms with Gasteiger partial charge in [0.15, 0.2) is 0 Å². The lowest BCUT2D eigenvalue weighted by Crippen LogP contribution is -2.52. The number of anilines is 2. The fraction of sp³-hybridized carbons (Fsp3) is 0.469. The molecule has 0 saturated carbocycles. The molecule has 1 aliphatic heterocycles. The summed E-state index contributed by atoms with van der Waals surface area (Å²) in [4.78, 5) is 41.5. The first-order valence-electron chi connectivity index (χ1n) is 14.1. The third kappa shape index (κ3) is 6.70. The van der Waals surface area contributed by atoms with Gasteiger partial charge in [0, 0.05) is 24.5 Å². The second kappa shape index (κ2) is 12.5.